The summed E-state index contributed by atoms with van der Waals surface area (Å²) in [7, 11) is 0. The number of carbonyl (C=O) groups is 1. The third-order valence-electron chi connectivity index (χ3n) is 13.7. The van der Waals surface area contributed by atoms with Gasteiger partial charge in [-0.2, -0.15) is 4.89 Å². The third kappa shape index (κ3) is 3.48. The summed E-state index contributed by atoms with van der Waals surface area (Å²) in [5.74, 6) is 2.69. The molecule has 0 amide bonds. The number of rotatable bonds is 4. The highest BCUT2D eigenvalue weighted by molar-refractivity contribution is 5.65. The normalized spacial score (nSPS) is 51.3. The maximum absolute atomic E-state index is 11.5. The monoisotopic (exact) mass is 500 g/mol. The Balaban J connectivity index is 1.50. The van der Waals surface area contributed by atoms with Crippen LogP contribution in [0.5, 0.6) is 0 Å². The molecule has 0 aliphatic heterocycles. The van der Waals surface area contributed by atoms with Crippen molar-refractivity contribution in [1.29, 1.82) is 0 Å². The van der Waals surface area contributed by atoms with Gasteiger partial charge in [-0.05, 0) is 122 Å². The van der Waals surface area contributed by atoms with Crippen molar-refractivity contribution in [3.05, 3.63) is 12.2 Å². The maximum Gasteiger partial charge on any atom is 0.339 e. The molecule has 0 spiro atoms. The summed E-state index contributed by atoms with van der Waals surface area (Å²) in [6, 6.07) is 0. The summed E-state index contributed by atoms with van der Waals surface area (Å²) in [5, 5.41) is 11.0. The SMILES string of the molecule is C=C(C)[C@@H]1CC[C@]2(COOC(C)=O)CC[C@]3(C)[C@H](CC[C@@H]4[C@@]5(C)CC[C@H](O)C(C)(C)[C@@H]5CC[C@]43C)[C@@H]12. The number of aliphatic hydroxyl groups is 1. The van der Waals surface area contributed by atoms with Gasteiger partial charge in [0, 0.05) is 12.3 Å². The molecule has 0 bridgehead atoms. The van der Waals surface area contributed by atoms with Gasteiger partial charge >= 0.3 is 5.97 Å². The van der Waals surface area contributed by atoms with Crippen LogP contribution in [0.15, 0.2) is 12.2 Å². The molecule has 4 heteroatoms. The number of carbonyl (C=O) groups excluding carboxylic acids is 1. The van der Waals surface area contributed by atoms with E-state index in [4.69, 9.17) is 9.78 Å². The molecular weight excluding hydrogens is 448 g/mol. The van der Waals surface area contributed by atoms with E-state index < -0.39 is 0 Å². The Kier molecular flexibility index (Phi) is 6.36. The van der Waals surface area contributed by atoms with Gasteiger partial charge in [0.2, 0.25) is 0 Å². The van der Waals surface area contributed by atoms with Gasteiger partial charge in [0.05, 0.1) is 12.7 Å². The molecule has 5 aliphatic carbocycles. The van der Waals surface area contributed by atoms with Crippen molar-refractivity contribution in [2.45, 2.75) is 119 Å². The molecule has 0 unspecified atom stereocenters. The van der Waals surface area contributed by atoms with Gasteiger partial charge in [-0.1, -0.05) is 46.8 Å². The fraction of sp³-hybridized carbons (Fsp3) is 0.906. The third-order valence-corrected chi connectivity index (χ3v) is 13.7. The molecule has 1 N–H and O–H groups in total. The summed E-state index contributed by atoms with van der Waals surface area (Å²) in [4.78, 5) is 22.1. The lowest BCUT2D eigenvalue weighted by molar-refractivity contribution is -0.300. The van der Waals surface area contributed by atoms with Crippen LogP contribution in [0.3, 0.4) is 0 Å². The summed E-state index contributed by atoms with van der Waals surface area (Å²) >= 11 is 0. The Bertz CT molecular complexity index is 910. The van der Waals surface area contributed by atoms with E-state index in [0.717, 1.165) is 19.3 Å². The average molecular weight is 501 g/mol. The lowest BCUT2D eigenvalue weighted by Gasteiger charge is -2.73. The van der Waals surface area contributed by atoms with Crippen molar-refractivity contribution < 1.29 is 19.7 Å². The average Bonchev–Trinajstić information content (AvgIpc) is 3.17. The number of fused-ring (bicyclic) bond motifs is 7. The van der Waals surface area contributed by atoms with Gasteiger partial charge in [0.25, 0.3) is 0 Å². The van der Waals surface area contributed by atoms with Crippen molar-refractivity contribution in [2.24, 2.45) is 56.7 Å². The zero-order chi connectivity index (χ0) is 26.3. The topological polar surface area (TPSA) is 55.8 Å². The van der Waals surface area contributed by atoms with E-state index in [1.54, 1.807) is 0 Å². The first-order valence-electron chi connectivity index (χ1n) is 14.9. The molecule has 36 heavy (non-hydrogen) atoms. The Morgan fingerprint density at radius 3 is 2.25 bits per heavy atom. The van der Waals surface area contributed by atoms with Crippen LogP contribution in [0.4, 0.5) is 0 Å². The molecule has 5 aliphatic rings. The quantitative estimate of drug-likeness (QED) is 0.247. The van der Waals surface area contributed by atoms with Crippen molar-refractivity contribution in [3.8, 4) is 0 Å². The number of aliphatic hydroxyl groups excluding tert-OH is 1. The van der Waals surface area contributed by atoms with E-state index in [1.165, 1.54) is 57.4 Å². The van der Waals surface area contributed by atoms with Gasteiger partial charge in [-0.3, -0.25) is 4.89 Å². The van der Waals surface area contributed by atoms with Gasteiger partial charge in [-0.25, -0.2) is 4.79 Å². The summed E-state index contributed by atoms with van der Waals surface area (Å²) < 4.78 is 0. The molecular formula is C32H52O4. The number of hydrogen-bond acceptors (Lipinski definition) is 4. The maximum atomic E-state index is 11.5. The molecule has 0 aromatic carbocycles. The minimum atomic E-state index is -0.364. The van der Waals surface area contributed by atoms with Crippen LogP contribution >= 0.6 is 0 Å². The van der Waals surface area contributed by atoms with E-state index >= 15 is 0 Å². The molecule has 5 fully saturated rings. The predicted octanol–water partition coefficient (Wildman–Crippen LogP) is 7.50. The molecule has 0 radical (unpaired) electrons. The molecule has 5 rings (SSSR count). The first-order chi connectivity index (χ1) is 16.7. The van der Waals surface area contributed by atoms with Crippen LogP contribution in [0, 0.1) is 56.7 Å². The van der Waals surface area contributed by atoms with Gasteiger partial charge in [0.1, 0.15) is 0 Å². The first-order valence-corrected chi connectivity index (χ1v) is 14.9. The van der Waals surface area contributed by atoms with Crippen molar-refractivity contribution in [2.75, 3.05) is 6.61 Å². The van der Waals surface area contributed by atoms with Crippen LogP contribution in [0.1, 0.15) is 113 Å². The molecule has 10 atom stereocenters. The molecule has 4 nitrogen and oxygen atoms in total. The fourth-order valence-corrected chi connectivity index (χ4v) is 11.8. The lowest BCUT2D eigenvalue weighted by atomic mass is 9.32. The Morgan fingerprint density at radius 2 is 1.58 bits per heavy atom. The second-order valence-corrected chi connectivity index (χ2v) is 15.3. The summed E-state index contributed by atoms with van der Waals surface area (Å²) in [5.41, 5.74) is 2.32. The van der Waals surface area contributed by atoms with Crippen LogP contribution < -0.4 is 0 Å². The zero-order valence-electron chi connectivity index (χ0n) is 24.1. The fourth-order valence-electron chi connectivity index (χ4n) is 11.8. The molecule has 0 aromatic rings. The Labute approximate surface area is 219 Å². The van der Waals surface area contributed by atoms with Crippen molar-refractivity contribution in [1.82, 2.24) is 0 Å². The van der Waals surface area contributed by atoms with E-state index in [-0.39, 0.29) is 28.3 Å². The first kappa shape index (κ1) is 26.7. The molecule has 0 saturated heterocycles. The highest BCUT2D eigenvalue weighted by Gasteiger charge is 2.70. The number of allylic oxidation sites excluding steroid dienone is 1. The smallest absolute Gasteiger partial charge is 0.339 e. The van der Waals surface area contributed by atoms with Crippen LogP contribution in [0.2, 0.25) is 0 Å². The Morgan fingerprint density at radius 1 is 0.861 bits per heavy atom. The molecule has 0 heterocycles. The molecule has 5 saturated carbocycles. The summed E-state index contributed by atoms with van der Waals surface area (Å²) in [6.07, 6.45) is 11.8. The minimum Gasteiger partial charge on any atom is -0.393 e. The van der Waals surface area contributed by atoms with Gasteiger partial charge < -0.3 is 5.11 Å². The standard InChI is InChI=1S/C32H52O4/c1-20(2)22-11-16-32(19-35-36-21(3)33)18-17-30(7)23(27(22)32)9-10-25-29(6)14-13-26(34)28(4,5)24(29)12-15-31(25,30)8/h22-27,34H,1,9-19H2,2-8H3/t22-,23+,24-,25+,26-,27+,29-,30+,31+,32+/m0/s1. The van der Waals surface area contributed by atoms with E-state index in [0.29, 0.717) is 47.0 Å². The number of hydrogen-bond donors (Lipinski definition) is 1. The van der Waals surface area contributed by atoms with Crippen molar-refractivity contribution >= 4 is 5.97 Å². The van der Waals surface area contributed by atoms with Crippen LogP contribution in [-0.4, -0.2) is 23.8 Å². The Hall–Kier alpha value is -0.870. The van der Waals surface area contributed by atoms with E-state index in [1.807, 2.05) is 0 Å². The van der Waals surface area contributed by atoms with Crippen LogP contribution in [-0.2, 0) is 14.6 Å². The van der Waals surface area contributed by atoms with Gasteiger partial charge in [-0.15, -0.1) is 0 Å². The molecule has 204 valence electrons. The molecule has 0 aromatic heterocycles. The minimum absolute atomic E-state index is 0.00163. The second-order valence-electron chi connectivity index (χ2n) is 15.3. The van der Waals surface area contributed by atoms with Crippen LogP contribution in [0.25, 0.3) is 0 Å². The summed E-state index contributed by atoms with van der Waals surface area (Å²) in [6.45, 7) is 21.2. The lowest BCUT2D eigenvalue weighted by Crippen LogP contribution is -2.66. The van der Waals surface area contributed by atoms with Crippen molar-refractivity contribution in [3.63, 3.8) is 0 Å². The second kappa shape index (κ2) is 8.57. The highest BCUT2D eigenvalue weighted by atomic mass is 17.2. The largest absolute Gasteiger partial charge is 0.393 e. The van der Waals surface area contributed by atoms with Gasteiger partial charge in [0.15, 0.2) is 0 Å². The van der Waals surface area contributed by atoms with E-state index in [9.17, 15) is 9.90 Å². The van der Waals surface area contributed by atoms with E-state index in [2.05, 4.69) is 48.1 Å². The highest BCUT2D eigenvalue weighted by Crippen LogP contribution is 2.77. The predicted molar refractivity (Wildman–Crippen MR) is 143 cm³/mol. The zero-order valence-corrected chi connectivity index (χ0v) is 24.1.